The normalized spacial score (nSPS) is 15.6. The van der Waals surface area contributed by atoms with Crippen molar-refractivity contribution in [3.05, 3.63) is 58.0 Å². The van der Waals surface area contributed by atoms with Crippen LogP contribution in [0.25, 0.3) is 0 Å². The molecule has 1 aliphatic rings. The summed E-state index contributed by atoms with van der Waals surface area (Å²) < 4.78 is 19.5. The lowest BCUT2D eigenvalue weighted by molar-refractivity contribution is -0.154. The summed E-state index contributed by atoms with van der Waals surface area (Å²) in [6, 6.07) is 10.3. The van der Waals surface area contributed by atoms with Crippen LogP contribution in [0.4, 0.5) is 4.39 Å². The zero-order valence-corrected chi connectivity index (χ0v) is 15.3. The van der Waals surface area contributed by atoms with Gasteiger partial charge in [0.15, 0.2) is 6.61 Å². The summed E-state index contributed by atoms with van der Waals surface area (Å²) in [7, 11) is 0. The van der Waals surface area contributed by atoms with Crippen molar-refractivity contribution in [3.63, 3.8) is 0 Å². The van der Waals surface area contributed by atoms with E-state index < -0.39 is 17.2 Å². The van der Waals surface area contributed by atoms with E-state index in [2.05, 4.69) is 5.32 Å². The van der Waals surface area contributed by atoms with Crippen molar-refractivity contribution in [2.45, 2.75) is 37.5 Å². The van der Waals surface area contributed by atoms with Gasteiger partial charge in [0.1, 0.15) is 5.82 Å². The molecule has 1 fully saturated rings. The first-order chi connectivity index (χ1) is 12.6. The third-order valence-corrected chi connectivity index (χ3v) is 5.78. The predicted molar refractivity (Wildman–Crippen MR) is 98.5 cm³/mol. The van der Waals surface area contributed by atoms with E-state index >= 15 is 0 Å². The van der Waals surface area contributed by atoms with Crippen molar-refractivity contribution in [3.8, 4) is 0 Å². The Hall–Kier alpha value is -2.21. The van der Waals surface area contributed by atoms with Crippen LogP contribution in [0, 0.1) is 5.82 Å². The Kier molecular flexibility index (Phi) is 6.04. The molecule has 4 nitrogen and oxygen atoms in total. The van der Waals surface area contributed by atoms with Crippen LogP contribution >= 0.6 is 11.3 Å². The van der Waals surface area contributed by atoms with Gasteiger partial charge < -0.3 is 10.1 Å². The zero-order chi connectivity index (χ0) is 18.4. The summed E-state index contributed by atoms with van der Waals surface area (Å²) in [5.41, 5.74) is -0.594. The van der Waals surface area contributed by atoms with Crippen molar-refractivity contribution in [2.75, 3.05) is 13.2 Å². The highest BCUT2D eigenvalue weighted by Crippen LogP contribution is 2.43. The molecule has 1 N–H and O–H groups in total. The van der Waals surface area contributed by atoms with Gasteiger partial charge in [-0.15, -0.1) is 11.3 Å². The number of thiophene rings is 1. The summed E-state index contributed by atoms with van der Waals surface area (Å²) in [5.74, 6) is -1.24. The molecule has 1 aromatic heterocycles. The second-order valence-corrected chi connectivity index (χ2v) is 7.56. The van der Waals surface area contributed by atoms with Crippen molar-refractivity contribution >= 4 is 23.2 Å². The second-order valence-electron chi connectivity index (χ2n) is 6.52. The fourth-order valence-corrected chi connectivity index (χ4v) is 4.22. The third-order valence-electron chi connectivity index (χ3n) is 4.85. The quantitative estimate of drug-likeness (QED) is 0.753. The van der Waals surface area contributed by atoms with Gasteiger partial charge >= 0.3 is 5.97 Å². The molecule has 1 amide bonds. The maximum atomic E-state index is 14.3. The molecular weight excluding hydrogens is 353 g/mol. The lowest BCUT2D eigenvalue weighted by Crippen LogP contribution is -2.38. The van der Waals surface area contributed by atoms with E-state index in [-0.39, 0.29) is 12.5 Å². The number of nitrogens with one attached hydrogen (secondary N) is 1. The molecule has 0 radical (unpaired) electrons. The van der Waals surface area contributed by atoms with E-state index in [1.807, 2.05) is 17.5 Å². The summed E-state index contributed by atoms with van der Waals surface area (Å²) in [6.45, 7) is 0.162. The Morgan fingerprint density at radius 1 is 1.15 bits per heavy atom. The first-order valence-corrected chi connectivity index (χ1v) is 9.71. The van der Waals surface area contributed by atoms with Crippen molar-refractivity contribution < 1.29 is 18.7 Å². The van der Waals surface area contributed by atoms with Gasteiger partial charge in [0.05, 0.1) is 5.41 Å². The Morgan fingerprint density at radius 3 is 2.62 bits per heavy atom. The van der Waals surface area contributed by atoms with E-state index in [1.165, 1.54) is 10.9 Å². The van der Waals surface area contributed by atoms with E-state index in [4.69, 9.17) is 4.74 Å². The first-order valence-electron chi connectivity index (χ1n) is 8.83. The molecule has 0 spiro atoms. The van der Waals surface area contributed by atoms with Crippen LogP contribution in [0.2, 0.25) is 0 Å². The molecule has 1 aromatic carbocycles. The fraction of sp³-hybridized carbons (Fsp3) is 0.400. The number of esters is 1. The number of benzene rings is 1. The van der Waals surface area contributed by atoms with Gasteiger partial charge in [0, 0.05) is 17.0 Å². The summed E-state index contributed by atoms with van der Waals surface area (Å²) in [6.07, 6.45) is 3.53. The Labute approximate surface area is 156 Å². The number of hydrogen-bond donors (Lipinski definition) is 1. The van der Waals surface area contributed by atoms with Gasteiger partial charge in [0.25, 0.3) is 5.91 Å². The Balaban J connectivity index is 1.55. The van der Waals surface area contributed by atoms with E-state index in [0.717, 1.165) is 19.3 Å². The maximum absolute atomic E-state index is 14.3. The van der Waals surface area contributed by atoms with Gasteiger partial charge in [-0.2, -0.15) is 0 Å². The van der Waals surface area contributed by atoms with Crippen LogP contribution in [0.15, 0.2) is 41.8 Å². The molecule has 0 aliphatic heterocycles. The van der Waals surface area contributed by atoms with Gasteiger partial charge in [-0.25, -0.2) is 4.39 Å². The minimum Gasteiger partial charge on any atom is -0.455 e. The smallest absolute Gasteiger partial charge is 0.317 e. The average molecular weight is 375 g/mol. The summed E-state index contributed by atoms with van der Waals surface area (Å²) in [4.78, 5) is 25.8. The van der Waals surface area contributed by atoms with Crippen LogP contribution < -0.4 is 5.32 Å². The van der Waals surface area contributed by atoms with Crippen LogP contribution in [0.1, 0.15) is 36.1 Å². The molecule has 0 atom stereocenters. The standard InChI is InChI=1S/C20H22FNO3S/c21-17-8-2-1-7-16(17)20(10-3-4-11-20)19(24)25-14-18(23)22-12-9-15-6-5-13-26-15/h1-2,5-8,13H,3-4,9-12,14H2,(H,22,23). The van der Waals surface area contributed by atoms with Crippen LogP contribution in [0.5, 0.6) is 0 Å². The lowest BCUT2D eigenvalue weighted by Gasteiger charge is -2.27. The molecular formula is C20H22FNO3S. The number of amides is 1. The first kappa shape index (κ1) is 18.6. The molecule has 0 unspecified atom stereocenters. The number of rotatable bonds is 7. The molecule has 138 valence electrons. The van der Waals surface area contributed by atoms with Crippen LogP contribution in [-0.4, -0.2) is 25.0 Å². The molecule has 3 rings (SSSR count). The highest BCUT2D eigenvalue weighted by atomic mass is 32.1. The van der Waals surface area contributed by atoms with E-state index in [0.29, 0.717) is 24.9 Å². The Bertz CT molecular complexity index is 754. The number of carbonyl (C=O) groups is 2. The monoisotopic (exact) mass is 375 g/mol. The minimum atomic E-state index is -0.970. The van der Waals surface area contributed by atoms with Gasteiger partial charge in [-0.3, -0.25) is 9.59 Å². The van der Waals surface area contributed by atoms with Crippen LogP contribution in [0.3, 0.4) is 0 Å². The van der Waals surface area contributed by atoms with Crippen molar-refractivity contribution in [2.24, 2.45) is 0 Å². The highest BCUT2D eigenvalue weighted by molar-refractivity contribution is 7.09. The lowest BCUT2D eigenvalue weighted by atomic mass is 9.78. The average Bonchev–Trinajstić information content (AvgIpc) is 3.32. The SMILES string of the molecule is O=C(COC(=O)C1(c2ccccc2F)CCCC1)NCCc1cccs1. The maximum Gasteiger partial charge on any atom is 0.317 e. The largest absolute Gasteiger partial charge is 0.455 e. The van der Waals surface area contributed by atoms with E-state index in [1.54, 1.807) is 29.5 Å². The number of carbonyl (C=O) groups excluding carboxylic acids is 2. The van der Waals surface area contributed by atoms with Gasteiger partial charge in [-0.1, -0.05) is 37.1 Å². The van der Waals surface area contributed by atoms with Crippen molar-refractivity contribution in [1.29, 1.82) is 0 Å². The number of hydrogen-bond acceptors (Lipinski definition) is 4. The second kappa shape index (κ2) is 8.45. The third kappa shape index (κ3) is 4.12. The van der Waals surface area contributed by atoms with Gasteiger partial charge in [0.2, 0.25) is 0 Å². The number of ether oxygens (including phenoxy) is 1. The Morgan fingerprint density at radius 2 is 1.92 bits per heavy atom. The molecule has 0 saturated heterocycles. The number of halogens is 1. The molecule has 26 heavy (non-hydrogen) atoms. The minimum absolute atomic E-state index is 0.334. The highest BCUT2D eigenvalue weighted by Gasteiger charge is 2.45. The molecule has 6 heteroatoms. The molecule has 0 bridgehead atoms. The van der Waals surface area contributed by atoms with Crippen molar-refractivity contribution in [1.82, 2.24) is 5.32 Å². The topological polar surface area (TPSA) is 55.4 Å². The van der Waals surface area contributed by atoms with E-state index in [9.17, 15) is 14.0 Å². The molecule has 1 heterocycles. The fourth-order valence-electron chi connectivity index (χ4n) is 3.51. The molecule has 1 aliphatic carbocycles. The van der Waals surface area contributed by atoms with Crippen LogP contribution in [-0.2, 0) is 26.2 Å². The predicted octanol–water partition coefficient (Wildman–Crippen LogP) is 3.60. The summed E-state index contributed by atoms with van der Waals surface area (Å²) >= 11 is 1.64. The van der Waals surface area contributed by atoms with Gasteiger partial charge in [-0.05, 0) is 36.8 Å². The summed E-state index contributed by atoms with van der Waals surface area (Å²) in [5, 5.41) is 4.74. The zero-order valence-electron chi connectivity index (χ0n) is 14.5. The molecule has 1 saturated carbocycles. The molecule has 2 aromatic rings.